The van der Waals surface area contributed by atoms with Gasteiger partial charge in [-0.15, -0.1) is 0 Å². The number of hydrogen-bond acceptors (Lipinski definition) is 4. The van der Waals surface area contributed by atoms with E-state index in [2.05, 4.69) is 4.74 Å². The van der Waals surface area contributed by atoms with Crippen LogP contribution in [0.1, 0.15) is 0 Å². The molecule has 2 atom stereocenters. The van der Waals surface area contributed by atoms with Crippen LogP contribution in [-0.2, 0) is 19.7 Å². The van der Waals surface area contributed by atoms with Crippen molar-refractivity contribution >= 4 is 42.1 Å². The van der Waals surface area contributed by atoms with Gasteiger partial charge in [0, 0.05) is 0 Å². The van der Waals surface area contributed by atoms with Crippen LogP contribution in [-0.4, -0.2) is 47.5 Å². The molecule has 0 saturated heterocycles. The molecule has 0 aliphatic heterocycles. The first-order valence-corrected chi connectivity index (χ1v) is 8.31. The second-order valence-corrected chi connectivity index (χ2v) is 7.70. The van der Waals surface area contributed by atoms with Gasteiger partial charge in [-0.1, -0.05) is 3.89 Å². The van der Waals surface area contributed by atoms with Crippen molar-refractivity contribution in [1.29, 1.82) is 0 Å². The minimum atomic E-state index is -7.92. The second kappa shape index (κ2) is 7.22. The van der Waals surface area contributed by atoms with Crippen molar-refractivity contribution in [2.45, 2.75) is 39.1 Å². The Morgan fingerprint density at radius 2 is 1.00 bits per heavy atom. The van der Waals surface area contributed by atoms with Gasteiger partial charge >= 0.3 is 49.3 Å². The number of alkyl halides is 15. The Morgan fingerprint density at radius 1 is 0.643 bits per heavy atom. The number of hydrogen-bond donors (Lipinski definition) is 0. The van der Waals surface area contributed by atoms with Crippen molar-refractivity contribution in [3.05, 3.63) is 0 Å². The topological polar surface area (TPSA) is 52.6 Å². The Bertz CT molecular complexity index is 685. The monoisotopic (exact) mass is 604 g/mol. The average Bonchev–Trinajstić information content (AvgIpc) is 2.31. The highest BCUT2D eigenvalue weighted by atomic mass is 79.9. The quantitative estimate of drug-likeness (QED) is 0.213. The maximum Gasteiger partial charge on any atom is 0.464 e. The molecule has 21 heteroatoms. The van der Waals surface area contributed by atoms with Gasteiger partial charge in [-0.3, -0.25) is 9.47 Å². The van der Waals surface area contributed by atoms with Gasteiger partial charge in [-0.05, 0) is 31.9 Å². The van der Waals surface area contributed by atoms with E-state index in [0.717, 1.165) is 31.9 Å². The summed E-state index contributed by atoms with van der Waals surface area (Å²) in [4.78, 5) is -5.43. The van der Waals surface area contributed by atoms with Crippen LogP contribution in [0.5, 0.6) is 0 Å². The number of ether oxygens (including phenoxy) is 2. The first kappa shape index (κ1) is 27.8. The van der Waals surface area contributed by atoms with Crippen molar-refractivity contribution < 1.29 is 78.9 Å². The molecule has 2 unspecified atom stereocenters. The summed E-state index contributed by atoms with van der Waals surface area (Å²) in [6.07, 6.45) is -22.5. The molecular weight excluding hydrogens is 606 g/mol. The van der Waals surface area contributed by atoms with Gasteiger partial charge in [0.2, 0.25) is 0 Å². The Balaban J connectivity index is 6.45. The first-order chi connectivity index (χ1) is 11.7. The molecule has 0 aliphatic rings. The summed E-state index contributed by atoms with van der Waals surface area (Å²) in [6.45, 7) is 0. The third-order valence-corrected chi connectivity index (χ3v) is 4.79. The van der Waals surface area contributed by atoms with E-state index in [-0.39, 0.29) is 0 Å². The summed E-state index contributed by atoms with van der Waals surface area (Å²) in [5.41, 5.74) is 0. The molecule has 0 amide bonds. The van der Waals surface area contributed by atoms with Crippen molar-refractivity contribution in [2.24, 2.45) is 0 Å². The summed E-state index contributed by atoms with van der Waals surface area (Å²) in [7, 11) is -7.92. The maximum atomic E-state index is 13.6. The molecule has 0 spiro atoms. The van der Waals surface area contributed by atoms with E-state index in [1.165, 1.54) is 4.74 Å². The lowest BCUT2D eigenvalue weighted by molar-refractivity contribution is -0.524. The lowest BCUT2D eigenvalue weighted by Crippen LogP contribution is -2.65. The van der Waals surface area contributed by atoms with Gasteiger partial charge < -0.3 is 0 Å². The molecule has 4 nitrogen and oxygen atoms in total. The molecule has 0 bridgehead atoms. The number of halogens is 16. The molecule has 0 aliphatic carbocycles. The minimum Gasteiger partial charge on any atom is -0.262 e. The normalized spacial score (nSPS) is 19.9. The molecule has 28 heavy (non-hydrogen) atoms. The second-order valence-electron chi connectivity index (χ2n) is 4.30. The molecule has 0 aromatic heterocycles. The van der Waals surface area contributed by atoms with Crippen LogP contribution in [0.25, 0.3) is 0 Å². The zero-order valence-electron chi connectivity index (χ0n) is 11.6. The molecule has 0 aromatic carbocycles. The fraction of sp³-hybridized carbons (Fsp3) is 1.00. The van der Waals surface area contributed by atoms with Crippen LogP contribution in [0.2, 0.25) is 0 Å². The van der Waals surface area contributed by atoms with Crippen LogP contribution >= 0.6 is 31.9 Å². The van der Waals surface area contributed by atoms with Crippen LogP contribution in [0.15, 0.2) is 0 Å². The summed E-state index contributed by atoms with van der Waals surface area (Å²) in [6, 6.07) is 0. The smallest absolute Gasteiger partial charge is 0.262 e. The van der Waals surface area contributed by atoms with Crippen LogP contribution in [0.3, 0.4) is 0 Å². The van der Waals surface area contributed by atoms with Crippen LogP contribution < -0.4 is 0 Å². The van der Waals surface area contributed by atoms with E-state index in [1.807, 2.05) is 0 Å². The van der Waals surface area contributed by atoms with Crippen LogP contribution in [0, 0.1) is 0 Å². The molecule has 0 N–H and O–H groups in total. The third-order valence-electron chi connectivity index (χ3n) is 2.24. The minimum absolute atomic E-state index is 0.902. The Labute approximate surface area is 160 Å². The van der Waals surface area contributed by atoms with E-state index >= 15 is 0 Å². The summed E-state index contributed by atoms with van der Waals surface area (Å²) in [5.74, 6) is -7.62. The van der Waals surface area contributed by atoms with Crippen molar-refractivity contribution in [3.8, 4) is 0 Å². The Hall–Kier alpha value is -0.150. The fourth-order valence-corrected chi connectivity index (χ4v) is 1.55. The largest absolute Gasteiger partial charge is 0.464 e. The lowest BCUT2D eigenvalue weighted by Gasteiger charge is -2.38. The van der Waals surface area contributed by atoms with Gasteiger partial charge in [0.05, 0.1) is 0 Å². The van der Waals surface area contributed by atoms with Gasteiger partial charge in [0.15, 0.2) is 0 Å². The SMILES string of the molecule is O=S(=O)(F)C(F)(F)C(F)(F)OC(F)(C(F)(F)F)C(F)(F)OC(F)(Br)C(F)(F)Br. The Kier molecular flexibility index (Phi) is 7.18. The fourth-order valence-electron chi connectivity index (χ4n) is 0.945. The van der Waals surface area contributed by atoms with E-state index in [1.54, 1.807) is 0 Å². The van der Waals surface area contributed by atoms with E-state index in [9.17, 15) is 69.4 Å². The zero-order chi connectivity index (χ0) is 23.4. The van der Waals surface area contributed by atoms with Crippen molar-refractivity contribution in [1.82, 2.24) is 0 Å². The average molecular weight is 606 g/mol. The van der Waals surface area contributed by atoms with Gasteiger partial charge in [0.1, 0.15) is 0 Å². The highest BCUT2D eigenvalue weighted by Gasteiger charge is 2.83. The molecule has 0 heterocycles. The van der Waals surface area contributed by atoms with Gasteiger partial charge in [0.25, 0.3) is 0 Å². The van der Waals surface area contributed by atoms with E-state index < -0.39 is 49.3 Å². The van der Waals surface area contributed by atoms with Crippen LogP contribution in [0.4, 0.5) is 61.0 Å². The highest BCUT2D eigenvalue weighted by molar-refractivity contribution is 9.12. The predicted molar refractivity (Wildman–Crippen MR) is 63.6 cm³/mol. The molecule has 170 valence electrons. The standard InChI is InChI=1S/C7Br2F14O4S/c8-2(11,12)3(9,13)27-5(17,18)1(10,4(14,15)16)26-6(19,20)7(21,22)28(23,24)25. The molecule has 0 rings (SSSR count). The molecular formula is C7Br2F14O4S. The summed E-state index contributed by atoms with van der Waals surface area (Å²) >= 11 is 1.84. The molecule has 0 saturated carbocycles. The summed E-state index contributed by atoms with van der Waals surface area (Å²) in [5, 5.41) is -7.40. The maximum absolute atomic E-state index is 13.6. The molecule has 0 radical (unpaired) electrons. The molecule has 0 aromatic rings. The van der Waals surface area contributed by atoms with Crippen molar-refractivity contribution in [2.75, 3.05) is 0 Å². The van der Waals surface area contributed by atoms with Gasteiger partial charge in [-0.25, -0.2) is 0 Å². The third kappa shape index (κ3) is 4.94. The predicted octanol–water partition coefficient (Wildman–Crippen LogP) is 5.33. The zero-order valence-corrected chi connectivity index (χ0v) is 15.6. The molecule has 0 fully saturated rings. The first-order valence-electron chi connectivity index (χ1n) is 5.34. The highest BCUT2D eigenvalue weighted by Crippen LogP contribution is 2.56. The van der Waals surface area contributed by atoms with Gasteiger partial charge in [-0.2, -0.15) is 65.5 Å². The Morgan fingerprint density at radius 3 is 1.25 bits per heavy atom. The van der Waals surface area contributed by atoms with Crippen molar-refractivity contribution in [3.63, 3.8) is 0 Å². The lowest BCUT2D eigenvalue weighted by atomic mass is 10.2. The number of rotatable bonds is 8. The van der Waals surface area contributed by atoms with E-state index in [0.29, 0.717) is 0 Å². The summed E-state index contributed by atoms with van der Waals surface area (Å²) < 4.78 is 197. The van der Waals surface area contributed by atoms with E-state index in [4.69, 9.17) is 0 Å².